The zero-order valence-corrected chi connectivity index (χ0v) is 17.7. The first-order valence-electron chi connectivity index (χ1n) is 11.0. The highest BCUT2D eigenvalue weighted by molar-refractivity contribution is 6.96. The molecule has 0 aliphatic carbocycles. The van der Waals surface area contributed by atoms with Crippen LogP contribution in [0, 0.1) is 0 Å². The number of fused-ring (bicyclic) bond motifs is 8. The van der Waals surface area contributed by atoms with Crippen molar-refractivity contribution in [1.29, 1.82) is 0 Å². The molecule has 7 rings (SSSR count). The molecule has 0 amide bonds. The number of benzene rings is 2. The van der Waals surface area contributed by atoms with Crippen LogP contribution in [0.2, 0.25) is 0 Å². The number of nitrogens with zero attached hydrogens (tertiary/aromatic N) is 3. The molecule has 2 aromatic carbocycles. The van der Waals surface area contributed by atoms with Crippen molar-refractivity contribution in [2.45, 2.75) is 5.41 Å². The Bertz CT molecular complexity index is 1420. The van der Waals surface area contributed by atoms with Gasteiger partial charge >= 0.3 is 0 Å². The Hall–Kier alpha value is -4.25. The summed E-state index contributed by atoms with van der Waals surface area (Å²) in [5, 5.41) is 0. The average molecular weight is 423 g/mol. The lowest BCUT2D eigenvalue weighted by molar-refractivity contribution is 0.432. The van der Waals surface area contributed by atoms with Crippen LogP contribution in [-0.4, -0.2) is 21.7 Å². The largest absolute Gasteiger partial charge is 0.455 e. The van der Waals surface area contributed by atoms with Gasteiger partial charge in [0.2, 0.25) is 6.71 Å². The van der Waals surface area contributed by atoms with Crippen molar-refractivity contribution >= 4 is 23.1 Å². The first kappa shape index (κ1) is 18.3. The smallest absolute Gasteiger partial charge is 0.242 e. The lowest BCUT2D eigenvalue weighted by Crippen LogP contribution is -2.62. The molecule has 5 aromatic rings. The Kier molecular flexibility index (Phi) is 3.82. The number of hydrogen-bond acceptors (Lipinski definition) is 4. The van der Waals surface area contributed by atoms with E-state index in [1.807, 2.05) is 49.3 Å². The van der Waals surface area contributed by atoms with E-state index >= 15 is 0 Å². The van der Waals surface area contributed by atoms with Gasteiger partial charge in [-0.05, 0) is 35.4 Å². The number of rotatable bonds is 1. The van der Waals surface area contributed by atoms with E-state index in [4.69, 9.17) is 4.74 Å². The fourth-order valence-corrected chi connectivity index (χ4v) is 5.74. The number of para-hydroxylation sites is 1. The van der Waals surface area contributed by atoms with Crippen LogP contribution in [0.15, 0.2) is 110 Å². The molecule has 0 saturated heterocycles. The SMILES string of the molecule is c1ccc(B2c3ccncc3C3(c4ccccc4Oc4cnccc43)c3cnccc32)cc1. The van der Waals surface area contributed by atoms with Crippen molar-refractivity contribution in [1.82, 2.24) is 15.0 Å². The first-order chi connectivity index (χ1) is 16.4. The molecule has 1 spiro atoms. The van der Waals surface area contributed by atoms with Crippen LogP contribution in [-0.2, 0) is 5.41 Å². The van der Waals surface area contributed by atoms with Crippen molar-refractivity contribution in [2.75, 3.05) is 0 Å². The molecule has 2 aliphatic heterocycles. The third-order valence-corrected chi connectivity index (χ3v) is 6.97. The molecular weight excluding hydrogens is 405 g/mol. The summed E-state index contributed by atoms with van der Waals surface area (Å²) in [6.07, 6.45) is 11.5. The van der Waals surface area contributed by atoms with E-state index in [1.54, 1.807) is 0 Å². The predicted octanol–water partition coefficient (Wildman–Crippen LogP) is 3.19. The second-order valence-electron chi connectivity index (χ2n) is 8.49. The summed E-state index contributed by atoms with van der Waals surface area (Å²) >= 11 is 0. The molecule has 0 N–H and O–H groups in total. The van der Waals surface area contributed by atoms with Gasteiger partial charge in [0.1, 0.15) is 5.75 Å². The van der Waals surface area contributed by atoms with Crippen molar-refractivity contribution < 1.29 is 4.74 Å². The van der Waals surface area contributed by atoms with Gasteiger partial charge in [0, 0.05) is 42.1 Å². The fraction of sp³-hybridized carbons (Fsp3) is 0.0357. The summed E-state index contributed by atoms with van der Waals surface area (Å²) < 4.78 is 6.34. The maximum atomic E-state index is 6.34. The molecule has 0 fully saturated rings. The maximum absolute atomic E-state index is 6.34. The van der Waals surface area contributed by atoms with Gasteiger partial charge in [-0.2, -0.15) is 0 Å². The van der Waals surface area contributed by atoms with Gasteiger partial charge in [-0.3, -0.25) is 15.0 Å². The summed E-state index contributed by atoms with van der Waals surface area (Å²) in [5.74, 6) is 1.60. The van der Waals surface area contributed by atoms with Crippen LogP contribution in [0.25, 0.3) is 0 Å². The molecule has 154 valence electrons. The minimum atomic E-state index is -0.592. The molecule has 0 bridgehead atoms. The molecule has 4 nitrogen and oxygen atoms in total. The molecule has 5 heteroatoms. The number of aromatic nitrogens is 3. The average Bonchev–Trinajstić information content (AvgIpc) is 2.89. The van der Waals surface area contributed by atoms with E-state index in [1.165, 1.54) is 16.4 Å². The third kappa shape index (κ3) is 2.39. The van der Waals surface area contributed by atoms with Crippen molar-refractivity contribution in [3.05, 3.63) is 132 Å². The molecule has 5 heterocycles. The van der Waals surface area contributed by atoms with Crippen LogP contribution in [0.5, 0.6) is 11.5 Å². The quantitative estimate of drug-likeness (QED) is 0.381. The van der Waals surface area contributed by atoms with Crippen molar-refractivity contribution in [2.24, 2.45) is 0 Å². The molecule has 3 aromatic heterocycles. The van der Waals surface area contributed by atoms with Gasteiger partial charge in [0.15, 0.2) is 5.75 Å². The monoisotopic (exact) mass is 423 g/mol. The van der Waals surface area contributed by atoms with Crippen LogP contribution in [0.4, 0.5) is 0 Å². The molecule has 0 unspecified atom stereocenters. The Balaban J connectivity index is 1.67. The van der Waals surface area contributed by atoms with Crippen molar-refractivity contribution in [3.8, 4) is 11.5 Å². The van der Waals surface area contributed by atoms with Crippen LogP contribution in [0.3, 0.4) is 0 Å². The predicted molar refractivity (Wildman–Crippen MR) is 129 cm³/mol. The molecular formula is C28H18BN3O. The van der Waals surface area contributed by atoms with Crippen molar-refractivity contribution in [3.63, 3.8) is 0 Å². The van der Waals surface area contributed by atoms with E-state index < -0.39 is 5.41 Å². The molecule has 0 saturated carbocycles. The zero-order valence-electron chi connectivity index (χ0n) is 17.7. The topological polar surface area (TPSA) is 47.9 Å². The standard InChI is InChI=1S/C28H18BN3O/c1-2-6-19(7-3-1)29-24-11-14-30-16-22(24)28(23-17-31-15-12-25(23)29)20-8-4-5-9-26(20)33-27-18-32-13-10-21(27)28/h1-18H. The van der Waals surface area contributed by atoms with Crippen LogP contribution in [0.1, 0.15) is 22.3 Å². The van der Waals surface area contributed by atoms with Gasteiger partial charge < -0.3 is 4.74 Å². The van der Waals surface area contributed by atoms with E-state index in [9.17, 15) is 0 Å². The normalized spacial score (nSPS) is 14.5. The zero-order chi connectivity index (χ0) is 21.8. The highest BCUT2D eigenvalue weighted by atomic mass is 16.5. The minimum absolute atomic E-state index is 0.0909. The lowest BCUT2D eigenvalue weighted by Gasteiger charge is -2.46. The summed E-state index contributed by atoms with van der Waals surface area (Å²) in [6, 6.07) is 25.3. The van der Waals surface area contributed by atoms with Gasteiger partial charge in [-0.15, -0.1) is 0 Å². The molecule has 33 heavy (non-hydrogen) atoms. The van der Waals surface area contributed by atoms with Crippen LogP contribution < -0.4 is 21.1 Å². The lowest BCUT2D eigenvalue weighted by atomic mass is 9.31. The van der Waals surface area contributed by atoms with Crippen LogP contribution >= 0.6 is 0 Å². The summed E-state index contributed by atoms with van der Waals surface area (Å²) in [7, 11) is 0. The number of hydrogen-bond donors (Lipinski definition) is 0. The van der Waals surface area contributed by atoms with E-state index in [-0.39, 0.29) is 6.71 Å². The Morgan fingerprint density at radius 1 is 0.545 bits per heavy atom. The second-order valence-corrected chi connectivity index (χ2v) is 8.49. The number of pyridine rings is 3. The van der Waals surface area contributed by atoms with Gasteiger partial charge in [0.05, 0.1) is 11.6 Å². The summed E-state index contributed by atoms with van der Waals surface area (Å²) in [5.41, 5.74) is 7.62. The first-order valence-corrected chi connectivity index (χ1v) is 11.0. The van der Waals surface area contributed by atoms with E-state index in [2.05, 4.69) is 75.6 Å². The summed E-state index contributed by atoms with van der Waals surface area (Å²) in [4.78, 5) is 13.6. The fourth-order valence-electron chi connectivity index (χ4n) is 5.74. The van der Waals surface area contributed by atoms with Gasteiger partial charge in [-0.25, -0.2) is 0 Å². The Morgan fingerprint density at radius 3 is 1.91 bits per heavy atom. The highest BCUT2D eigenvalue weighted by Crippen LogP contribution is 2.54. The molecule has 0 atom stereocenters. The Morgan fingerprint density at radius 2 is 1.15 bits per heavy atom. The highest BCUT2D eigenvalue weighted by Gasteiger charge is 2.52. The Labute approximate surface area is 192 Å². The second kappa shape index (κ2) is 6.88. The van der Waals surface area contributed by atoms with Gasteiger partial charge in [-0.1, -0.05) is 64.9 Å². The summed E-state index contributed by atoms with van der Waals surface area (Å²) in [6.45, 7) is 0.0909. The molecule has 2 aliphatic rings. The third-order valence-electron chi connectivity index (χ3n) is 6.97. The minimum Gasteiger partial charge on any atom is -0.455 e. The van der Waals surface area contributed by atoms with E-state index in [0.717, 1.165) is 33.8 Å². The number of ether oxygens (including phenoxy) is 1. The maximum Gasteiger partial charge on any atom is 0.242 e. The van der Waals surface area contributed by atoms with Gasteiger partial charge in [0.25, 0.3) is 0 Å². The molecule has 0 radical (unpaired) electrons. The van der Waals surface area contributed by atoms with E-state index in [0.29, 0.717) is 0 Å².